The molecule has 2 aromatic carbocycles. The van der Waals surface area contributed by atoms with Gasteiger partial charge in [-0.3, -0.25) is 4.79 Å². The summed E-state index contributed by atoms with van der Waals surface area (Å²) in [6.07, 6.45) is 1.63. The number of carbonyl (C=O) groups excluding carboxylic acids is 1. The van der Waals surface area contributed by atoms with E-state index in [1.165, 1.54) is 42.8 Å². The van der Waals surface area contributed by atoms with Gasteiger partial charge in [0, 0.05) is 18.9 Å². The number of carbonyl (C=O) groups is 1. The number of nitrogens with zero attached hydrogens (tertiary/aromatic N) is 2. The Hall–Kier alpha value is -1.96. The zero-order chi connectivity index (χ0) is 23.9. The standard InChI is InChI=1S/C20H16BrClF2N4O3S2/c1-28-17(19(29)26-11-3-5-14(23)13(22)7-11)8-16(27-33(28,30)31)20-25-9-18(32-20)10-2-4-12(21)15(24)6-10/h2-7,9,16-17,27H,8H2,1H3,(H,26,29)/t16-,17+/m0/s1. The Morgan fingerprint density at radius 2 is 2.03 bits per heavy atom. The highest BCUT2D eigenvalue weighted by molar-refractivity contribution is 9.10. The molecule has 1 amide bonds. The number of hydrogen-bond donors (Lipinski definition) is 2. The van der Waals surface area contributed by atoms with Gasteiger partial charge in [0.1, 0.15) is 22.7 Å². The SMILES string of the molecule is CN1[C@@H](C(=O)Nc2ccc(F)c(Cl)c2)C[C@@H](c2ncc(-c3ccc(Br)c(F)c3)s2)NS1(=O)=O. The van der Waals surface area contributed by atoms with Crippen LogP contribution in [0.2, 0.25) is 5.02 Å². The molecule has 2 N–H and O–H groups in total. The smallest absolute Gasteiger partial charge is 0.280 e. The van der Waals surface area contributed by atoms with Crippen LogP contribution in [-0.4, -0.2) is 36.7 Å². The minimum atomic E-state index is -3.99. The molecular formula is C20H16BrClF2N4O3S2. The molecule has 0 radical (unpaired) electrons. The van der Waals surface area contributed by atoms with Gasteiger partial charge in [-0.2, -0.15) is 17.4 Å². The summed E-state index contributed by atoms with van der Waals surface area (Å²) in [6.45, 7) is 0. The Labute approximate surface area is 206 Å². The summed E-state index contributed by atoms with van der Waals surface area (Å²) < 4.78 is 56.4. The monoisotopic (exact) mass is 576 g/mol. The van der Waals surface area contributed by atoms with Gasteiger partial charge in [0.25, 0.3) is 10.2 Å². The molecule has 2 atom stereocenters. The predicted molar refractivity (Wildman–Crippen MR) is 126 cm³/mol. The van der Waals surface area contributed by atoms with Gasteiger partial charge in [-0.1, -0.05) is 17.7 Å². The van der Waals surface area contributed by atoms with Gasteiger partial charge >= 0.3 is 0 Å². The van der Waals surface area contributed by atoms with Crippen LogP contribution in [0.25, 0.3) is 10.4 Å². The Balaban J connectivity index is 1.57. The third-order valence-electron chi connectivity index (χ3n) is 5.08. The lowest BCUT2D eigenvalue weighted by Gasteiger charge is -2.35. The maximum Gasteiger partial charge on any atom is 0.280 e. The molecule has 0 saturated carbocycles. The highest BCUT2D eigenvalue weighted by atomic mass is 79.9. The van der Waals surface area contributed by atoms with Crippen molar-refractivity contribution < 1.29 is 22.0 Å². The summed E-state index contributed by atoms with van der Waals surface area (Å²) in [7, 11) is -2.70. The van der Waals surface area contributed by atoms with E-state index >= 15 is 0 Å². The number of anilines is 1. The van der Waals surface area contributed by atoms with Crippen LogP contribution in [0.1, 0.15) is 17.5 Å². The number of aromatic nitrogens is 1. The summed E-state index contributed by atoms with van der Waals surface area (Å²) in [4.78, 5) is 17.8. The number of amides is 1. The quantitative estimate of drug-likeness (QED) is 0.469. The molecule has 1 fully saturated rings. The van der Waals surface area contributed by atoms with Crippen molar-refractivity contribution in [1.82, 2.24) is 14.0 Å². The van der Waals surface area contributed by atoms with Crippen LogP contribution in [0, 0.1) is 11.6 Å². The minimum Gasteiger partial charge on any atom is -0.325 e. The summed E-state index contributed by atoms with van der Waals surface area (Å²) in [5.74, 6) is -1.66. The van der Waals surface area contributed by atoms with Gasteiger partial charge in [-0.15, -0.1) is 11.3 Å². The molecule has 1 aromatic heterocycles. The maximum absolute atomic E-state index is 13.9. The molecule has 1 saturated heterocycles. The highest BCUT2D eigenvalue weighted by Gasteiger charge is 2.41. The summed E-state index contributed by atoms with van der Waals surface area (Å²) in [5, 5.41) is 2.84. The number of hydrogen-bond acceptors (Lipinski definition) is 5. The second-order valence-corrected chi connectivity index (χ2v) is 11.3. The van der Waals surface area contributed by atoms with E-state index in [0.717, 1.165) is 10.4 Å². The van der Waals surface area contributed by atoms with E-state index in [0.29, 0.717) is 19.9 Å². The van der Waals surface area contributed by atoms with Crippen LogP contribution in [0.5, 0.6) is 0 Å². The summed E-state index contributed by atoms with van der Waals surface area (Å²) in [5.41, 5.74) is 0.832. The Morgan fingerprint density at radius 3 is 2.73 bits per heavy atom. The Morgan fingerprint density at radius 1 is 1.27 bits per heavy atom. The van der Waals surface area contributed by atoms with Gasteiger partial charge in [-0.25, -0.2) is 13.8 Å². The lowest BCUT2D eigenvalue weighted by Crippen LogP contribution is -2.55. The third-order valence-corrected chi connectivity index (χ3v) is 8.77. The minimum absolute atomic E-state index is 0.0954. The average Bonchev–Trinajstić information content (AvgIpc) is 3.25. The largest absolute Gasteiger partial charge is 0.325 e. The fourth-order valence-electron chi connectivity index (χ4n) is 3.30. The van der Waals surface area contributed by atoms with E-state index in [1.54, 1.807) is 12.1 Å². The summed E-state index contributed by atoms with van der Waals surface area (Å²) in [6, 6.07) is 6.50. The molecule has 0 spiro atoms. The van der Waals surface area contributed by atoms with E-state index in [4.69, 9.17) is 11.6 Å². The van der Waals surface area contributed by atoms with Crippen LogP contribution >= 0.6 is 38.9 Å². The first-order chi connectivity index (χ1) is 15.5. The van der Waals surface area contributed by atoms with Gasteiger partial charge in [0.05, 0.1) is 20.4 Å². The van der Waals surface area contributed by atoms with E-state index in [-0.39, 0.29) is 17.1 Å². The Bertz CT molecular complexity index is 1340. The van der Waals surface area contributed by atoms with E-state index in [2.05, 4.69) is 31.0 Å². The van der Waals surface area contributed by atoms with Crippen LogP contribution in [0.15, 0.2) is 47.1 Å². The topological polar surface area (TPSA) is 91.4 Å². The number of likely N-dealkylation sites (N-methyl/N-ethyl adjacent to an activating group) is 1. The van der Waals surface area contributed by atoms with Crippen molar-refractivity contribution in [3.63, 3.8) is 0 Å². The summed E-state index contributed by atoms with van der Waals surface area (Å²) >= 11 is 10.1. The lowest BCUT2D eigenvalue weighted by molar-refractivity contribution is -0.120. The van der Waals surface area contributed by atoms with Crippen molar-refractivity contribution in [2.45, 2.75) is 18.5 Å². The van der Waals surface area contributed by atoms with Crippen molar-refractivity contribution >= 4 is 60.7 Å². The number of benzene rings is 2. The van der Waals surface area contributed by atoms with Crippen LogP contribution in [0.3, 0.4) is 0 Å². The molecule has 0 bridgehead atoms. The number of halogens is 4. The predicted octanol–water partition coefficient (Wildman–Crippen LogP) is 4.72. The zero-order valence-electron chi connectivity index (χ0n) is 16.9. The van der Waals surface area contributed by atoms with E-state index in [9.17, 15) is 22.0 Å². The van der Waals surface area contributed by atoms with E-state index < -0.39 is 39.8 Å². The fraction of sp³-hybridized carbons (Fsp3) is 0.200. The first-order valence-corrected chi connectivity index (χ1v) is 12.9. The first kappa shape index (κ1) is 24.2. The zero-order valence-corrected chi connectivity index (χ0v) is 20.8. The van der Waals surface area contributed by atoms with Crippen LogP contribution in [0.4, 0.5) is 14.5 Å². The highest BCUT2D eigenvalue weighted by Crippen LogP contribution is 2.35. The number of rotatable bonds is 4. The molecule has 1 aliphatic rings. The van der Waals surface area contributed by atoms with Crippen LogP contribution < -0.4 is 10.0 Å². The maximum atomic E-state index is 13.9. The molecular weight excluding hydrogens is 562 g/mol. The molecule has 4 rings (SSSR count). The van der Waals surface area contributed by atoms with Crippen molar-refractivity contribution in [2.24, 2.45) is 0 Å². The van der Waals surface area contributed by atoms with Gasteiger partial charge in [-0.05, 0) is 58.2 Å². The first-order valence-electron chi connectivity index (χ1n) is 9.47. The lowest BCUT2D eigenvalue weighted by atomic mass is 10.1. The normalized spacial score (nSPS) is 20.5. The van der Waals surface area contributed by atoms with Crippen LogP contribution in [-0.2, 0) is 15.0 Å². The Kier molecular flexibility index (Phi) is 6.85. The molecule has 174 valence electrons. The number of nitrogens with one attached hydrogen (secondary N) is 2. The molecule has 0 aliphatic carbocycles. The molecule has 1 aliphatic heterocycles. The average molecular weight is 578 g/mol. The van der Waals surface area contributed by atoms with Crippen molar-refractivity contribution in [2.75, 3.05) is 12.4 Å². The van der Waals surface area contributed by atoms with Gasteiger partial charge < -0.3 is 5.32 Å². The molecule has 13 heteroatoms. The molecule has 0 unspecified atom stereocenters. The third kappa shape index (κ3) is 5.10. The molecule has 3 aromatic rings. The molecule has 2 heterocycles. The number of thiazole rings is 1. The van der Waals surface area contributed by atoms with Gasteiger partial charge in [0.15, 0.2) is 0 Å². The molecule has 33 heavy (non-hydrogen) atoms. The van der Waals surface area contributed by atoms with Crippen molar-refractivity contribution in [3.05, 3.63) is 68.7 Å². The second kappa shape index (κ2) is 9.35. The fourth-order valence-corrected chi connectivity index (χ4v) is 6.04. The molecule has 7 nitrogen and oxygen atoms in total. The van der Waals surface area contributed by atoms with Crippen molar-refractivity contribution in [3.8, 4) is 10.4 Å². The second-order valence-electron chi connectivity index (χ2n) is 7.25. The van der Waals surface area contributed by atoms with Crippen molar-refractivity contribution in [1.29, 1.82) is 0 Å². The van der Waals surface area contributed by atoms with Gasteiger partial charge in [0.2, 0.25) is 5.91 Å². The van der Waals surface area contributed by atoms with E-state index in [1.807, 2.05) is 0 Å².